The molecular formula is C18H21N3O2. The number of hydrogen-bond donors (Lipinski definition) is 2. The standard InChI is InChI=1S/C18H21N3O2/c19-11-12-6-4-5-9-16(12)21-18(23)15-10-14(15)17(22)20-13-7-2-1-3-8-13/h4-6,9,13-15H,1-3,7-8,10H2,(H,20,22)(H,21,23). The van der Waals surface area contributed by atoms with E-state index in [9.17, 15) is 9.59 Å². The average molecular weight is 311 g/mol. The van der Waals surface area contributed by atoms with Gasteiger partial charge < -0.3 is 10.6 Å². The van der Waals surface area contributed by atoms with Crippen molar-refractivity contribution < 1.29 is 9.59 Å². The smallest absolute Gasteiger partial charge is 0.228 e. The Hall–Kier alpha value is -2.35. The topological polar surface area (TPSA) is 82.0 Å². The van der Waals surface area contributed by atoms with Crippen molar-refractivity contribution >= 4 is 17.5 Å². The summed E-state index contributed by atoms with van der Waals surface area (Å²) in [5, 5.41) is 14.9. The second kappa shape index (κ2) is 6.82. The van der Waals surface area contributed by atoms with Crippen molar-refractivity contribution in [2.24, 2.45) is 11.8 Å². The van der Waals surface area contributed by atoms with Gasteiger partial charge in [-0.2, -0.15) is 5.26 Å². The van der Waals surface area contributed by atoms with Crippen LogP contribution >= 0.6 is 0 Å². The Morgan fingerprint density at radius 2 is 1.74 bits per heavy atom. The largest absolute Gasteiger partial charge is 0.353 e. The molecule has 2 aliphatic rings. The van der Waals surface area contributed by atoms with E-state index in [-0.39, 0.29) is 29.7 Å². The molecule has 0 aromatic heterocycles. The fourth-order valence-corrected chi connectivity index (χ4v) is 3.24. The van der Waals surface area contributed by atoms with Gasteiger partial charge >= 0.3 is 0 Å². The van der Waals surface area contributed by atoms with E-state index in [4.69, 9.17) is 5.26 Å². The van der Waals surface area contributed by atoms with Crippen LogP contribution in [-0.4, -0.2) is 17.9 Å². The molecular weight excluding hydrogens is 290 g/mol. The molecule has 1 aromatic carbocycles. The molecule has 0 spiro atoms. The van der Waals surface area contributed by atoms with Gasteiger partial charge in [-0.1, -0.05) is 31.4 Å². The molecule has 2 fully saturated rings. The van der Waals surface area contributed by atoms with E-state index in [0.717, 1.165) is 12.8 Å². The molecule has 2 amide bonds. The molecule has 2 atom stereocenters. The zero-order valence-electron chi connectivity index (χ0n) is 13.0. The second-order valence-electron chi connectivity index (χ2n) is 6.44. The number of nitrogens with one attached hydrogen (secondary N) is 2. The van der Waals surface area contributed by atoms with Gasteiger partial charge in [-0.15, -0.1) is 0 Å². The second-order valence-corrected chi connectivity index (χ2v) is 6.44. The minimum absolute atomic E-state index is 0.00520. The first-order chi connectivity index (χ1) is 11.2. The average Bonchev–Trinajstić information content (AvgIpc) is 3.37. The zero-order chi connectivity index (χ0) is 16.2. The number of amides is 2. The van der Waals surface area contributed by atoms with E-state index >= 15 is 0 Å². The molecule has 2 aliphatic carbocycles. The van der Waals surface area contributed by atoms with Gasteiger partial charge in [0.2, 0.25) is 11.8 Å². The first kappa shape index (κ1) is 15.5. The molecule has 0 saturated heterocycles. The number of rotatable bonds is 4. The van der Waals surface area contributed by atoms with Crippen LogP contribution in [0.1, 0.15) is 44.1 Å². The summed E-state index contributed by atoms with van der Waals surface area (Å²) in [5.41, 5.74) is 0.947. The van der Waals surface area contributed by atoms with E-state index in [1.54, 1.807) is 24.3 Å². The van der Waals surface area contributed by atoms with E-state index < -0.39 is 0 Å². The molecule has 2 unspecified atom stereocenters. The normalized spacial score (nSPS) is 23.6. The number of benzene rings is 1. The Labute approximate surface area is 136 Å². The van der Waals surface area contributed by atoms with Gasteiger partial charge in [-0.25, -0.2) is 0 Å². The highest BCUT2D eigenvalue weighted by molar-refractivity contribution is 6.00. The van der Waals surface area contributed by atoms with Crippen LogP contribution in [0.5, 0.6) is 0 Å². The van der Waals surface area contributed by atoms with Crippen LogP contribution < -0.4 is 10.6 Å². The van der Waals surface area contributed by atoms with Gasteiger partial charge in [-0.05, 0) is 31.4 Å². The summed E-state index contributed by atoms with van der Waals surface area (Å²) in [5.74, 6) is -0.654. The predicted octanol–water partition coefficient (Wildman–Crippen LogP) is 2.58. The molecule has 0 heterocycles. The van der Waals surface area contributed by atoms with Crippen LogP contribution in [0.4, 0.5) is 5.69 Å². The molecule has 1 aromatic rings. The minimum atomic E-state index is -0.273. The fourth-order valence-electron chi connectivity index (χ4n) is 3.24. The third kappa shape index (κ3) is 3.70. The number of para-hydroxylation sites is 1. The molecule has 0 bridgehead atoms. The summed E-state index contributed by atoms with van der Waals surface area (Å²) in [4.78, 5) is 24.5. The Morgan fingerprint density at radius 1 is 1.04 bits per heavy atom. The van der Waals surface area contributed by atoms with E-state index in [0.29, 0.717) is 17.7 Å². The lowest BCUT2D eigenvalue weighted by molar-refractivity contribution is -0.126. The van der Waals surface area contributed by atoms with Crippen LogP contribution in [0.2, 0.25) is 0 Å². The molecule has 2 saturated carbocycles. The lowest BCUT2D eigenvalue weighted by Crippen LogP contribution is -2.37. The summed E-state index contributed by atoms with van der Waals surface area (Å²) in [7, 11) is 0. The third-order valence-corrected chi connectivity index (χ3v) is 4.72. The minimum Gasteiger partial charge on any atom is -0.353 e. The summed E-state index contributed by atoms with van der Waals surface area (Å²) in [6.07, 6.45) is 6.28. The highest BCUT2D eigenvalue weighted by atomic mass is 16.2. The van der Waals surface area contributed by atoms with E-state index in [2.05, 4.69) is 16.7 Å². The Balaban J connectivity index is 1.52. The molecule has 5 nitrogen and oxygen atoms in total. The van der Waals surface area contributed by atoms with Gasteiger partial charge in [0.1, 0.15) is 6.07 Å². The summed E-state index contributed by atoms with van der Waals surface area (Å²) in [6, 6.07) is 9.23. The van der Waals surface area contributed by atoms with Crippen LogP contribution in [0.3, 0.4) is 0 Å². The van der Waals surface area contributed by atoms with Crippen molar-refractivity contribution in [3.63, 3.8) is 0 Å². The van der Waals surface area contributed by atoms with Crippen LogP contribution in [-0.2, 0) is 9.59 Å². The Kier molecular flexibility index (Phi) is 4.61. The molecule has 3 rings (SSSR count). The van der Waals surface area contributed by atoms with Crippen molar-refractivity contribution in [2.45, 2.75) is 44.6 Å². The highest BCUT2D eigenvalue weighted by Gasteiger charge is 2.48. The number of anilines is 1. The van der Waals surface area contributed by atoms with Gasteiger partial charge in [0, 0.05) is 6.04 Å². The van der Waals surface area contributed by atoms with Crippen molar-refractivity contribution in [3.8, 4) is 6.07 Å². The monoisotopic (exact) mass is 311 g/mol. The maximum absolute atomic E-state index is 12.2. The number of carbonyl (C=O) groups excluding carboxylic acids is 2. The Morgan fingerprint density at radius 3 is 2.48 bits per heavy atom. The van der Waals surface area contributed by atoms with Gasteiger partial charge in [0.15, 0.2) is 0 Å². The molecule has 5 heteroatoms. The predicted molar refractivity (Wildman–Crippen MR) is 86.4 cm³/mol. The highest BCUT2D eigenvalue weighted by Crippen LogP contribution is 2.40. The number of hydrogen-bond acceptors (Lipinski definition) is 3. The van der Waals surface area contributed by atoms with Crippen molar-refractivity contribution in [2.75, 3.05) is 5.32 Å². The third-order valence-electron chi connectivity index (χ3n) is 4.72. The first-order valence-corrected chi connectivity index (χ1v) is 8.29. The maximum atomic E-state index is 12.2. The molecule has 2 N–H and O–H groups in total. The Bertz CT molecular complexity index is 644. The van der Waals surface area contributed by atoms with Gasteiger partial charge in [-0.3, -0.25) is 9.59 Å². The number of nitriles is 1. The number of nitrogens with zero attached hydrogens (tertiary/aromatic N) is 1. The fraction of sp³-hybridized carbons (Fsp3) is 0.500. The van der Waals surface area contributed by atoms with Crippen LogP contribution in [0.25, 0.3) is 0 Å². The summed E-state index contributed by atoms with van der Waals surface area (Å²) >= 11 is 0. The van der Waals surface area contributed by atoms with Gasteiger partial charge in [0.25, 0.3) is 0 Å². The summed E-state index contributed by atoms with van der Waals surface area (Å²) in [6.45, 7) is 0. The first-order valence-electron chi connectivity index (χ1n) is 8.29. The van der Waals surface area contributed by atoms with Crippen molar-refractivity contribution in [1.82, 2.24) is 5.32 Å². The van der Waals surface area contributed by atoms with E-state index in [1.807, 2.05) is 0 Å². The number of carbonyl (C=O) groups is 2. The quantitative estimate of drug-likeness (QED) is 0.896. The molecule has 120 valence electrons. The SMILES string of the molecule is N#Cc1ccccc1NC(=O)C1CC1C(=O)NC1CCCCC1. The van der Waals surface area contributed by atoms with Crippen LogP contribution in [0.15, 0.2) is 24.3 Å². The van der Waals surface area contributed by atoms with Crippen molar-refractivity contribution in [3.05, 3.63) is 29.8 Å². The maximum Gasteiger partial charge on any atom is 0.228 e. The van der Waals surface area contributed by atoms with Crippen LogP contribution in [0, 0.1) is 23.2 Å². The summed E-state index contributed by atoms with van der Waals surface area (Å²) < 4.78 is 0. The van der Waals surface area contributed by atoms with Gasteiger partial charge in [0.05, 0.1) is 23.1 Å². The lowest BCUT2D eigenvalue weighted by Gasteiger charge is -2.22. The molecule has 0 radical (unpaired) electrons. The zero-order valence-corrected chi connectivity index (χ0v) is 13.0. The van der Waals surface area contributed by atoms with Crippen molar-refractivity contribution in [1.29, 1.82) is 5.26 Å². The van der Waals surface area contributed by atoms with E-state index in [1.165, 1.54) is 19.3 Å². The molecule has 23 heavy (non-hydrogen) atoms. The lowest BCUT2D eigenvalue weighted by atomic mass is 9.95. The molecule has 0 aliphatic heterocycles.